The maximum atomic E-state index is 15.7. The van der Waals surface area contributed by atoms with E-state index in [0.717, 1.165) is 33.7 Å². The molecule has 3 fully saturated rings. The zero-order valence-electron chi connectivity index (χ0n) is 75.0. The van der Waals surface area contributed by atoms with Crippen LogP contribution in [-0.2, 0) is 109 Å². The van der Waals surface area contributed by atoms with Crippen molar-refractivity contribution in [3.63, 3.8) is 0 Å². The number of H-pyrrole nitrogens is 1. The Labute approximate surface area is 763 Å². The Kier molecular flexibility index (Phi) is 37.7. The summed E-state index contributed by atoms with van der Waals surface area (Å²) in [5.41, 5.74) is 14.4. The van der Waals surface area contributed by atoms with Gasteiger partial charge in [-0.3, -0.25) is 76.7 Å². The number of hydrogen-bond donors (Lipinski definition) is 15. The minimum absolute atomic E-state index is 0.0100. The number of aromatic amines is 1. The van der Waals surface area contributed by atoms with Gasteiger partial charge in [0.25, 0.3) is 0 Å². The quantitative estimate of drug-likeness (QED) is 0.0436. The van der Waals surface area contributed by atoms with Gasteiger partial charge >= 0.3 is 5.97 Å². The van der Waals surface area contributed by atoms with Gasteiger partial charge in [0.2, 0.25) is 88.6 Å². The minimum atomic E-state index is -1.89. The average Bonchev–Trinajstić information content (AvgIpc) is 1.30. The number of rotatable bonds is 23. The highest BCUT2D eigenvalue weighted by atomic mass is 32.2. The molecular formula is C93H122FN17O19S. The molecule has 4 heterocycles. The first kappa shape index (κ1) is 102. The van der Waals surface area contributed by atoms with E-state index in [1.165, 1.54) is 96.5 Å². The molecule has 0 aliphatic carbocycles. The summed E-state index contributed by atoms with van der Waals surface area (Å²) in [5, 5.41) is 56.0. The Morgan fingerprint density at radius 2 is 1.02 bits per heavy atom. The van der Waals surface area contributed by atoms with Gasteiger partial charge in [-0.05, 0) is 140 Å². The molecule has 5 aromatic carbocycles. The fourth-order valence-electron chi connectivity index (χ4n) is 16.6. The molecule has 0 saturated carbocycles. The van der Waals surface area contributed by atoms with Crippen LogP contribution in [0.15, 0.2) is 134 Å². The topological polar surface area (TPSA) is 526 Å². The molecule has 13 atom stereocenters. The average molecular weight is 1830 g/mol. The third-order valence-electron chi connectivity index (χ3n) is 23.8. The number of carbonyl (C=O) groups excluding carboxylic acids is 15. The molecule has 38 heteroatoms. The normalized spacial score (nSPS) is 23.9. The van der Waals surface area contributed by atoms with E-state index in [9.17, 15) is 53.3 Å². The molecule has 6 aromatic rings. The number of nitrogens with zero attached hydrogens (tertiary/aromatic N) is 5. The molecule has 0 bridgehead atoms. The van der Waals surface area contributed by atoms with E-state index in [-0.39, 0.29) is 102 Å². The third kappa shape index (κ3) is 28.5. The van der Waals surface area contributed by atoms with E-state index >= 15 is 43.2 Å². The summed E-state index contributed by atoms with van der Waals surface area (Å²) in [4.78, 5) is 247. The number of carboxylic acids is 1. The van der Waals surface area contributed by atoms with Crippen LogP contribution in [0, 0.1) is 17.7 Å². The van der Waals surface area contributed by atoms with Gasteiger partial charge in [-0.2, -0.15) is 0 Å². The maximum absolute atomic E-state index is 15.7. The van der Waals surface area contributed by atoms with Crippen molar-refractivity contribution in [1.29, 1.82) is 0 Å². The van der Waals surface area contributed by atoms with Crippen LogP contribution in [0.2, 0.25) is 0 Å². The molecule has 15 amide bonds. The van der Waals surface area contributed by atoms with Crippen molar-refractivity contribution in [2.24, 2.45) is 23.3 Å². The summed E-state index contributed by atoms with van der Waals surface area (Å²) >= 11 is 0.778. The van der Waals surface area contributed by atoms with Gasteiger partial charge in [0.1, 0.15) is 95.9 Å². The van der Waals surface area contributed by atoms with E-state index in [0.29, 0.717) is 64.4 Å². The number of unbranched alkanes of at least 4 members (excludes halogenated alkanes) is 1. The number of nitrogens with one attached hydrogen (secondary N) is 10. The van der Waals surface area contributed by atoms with E-state index < -0.39 is 215 Å². The van der Waals surface area contributed by atoms with E-state index in [2.05, 4.69) is 52.8 Å². The van der Waals surface area contributed by atoms with E-state index in [4.69, 9.17) is 11.5 Å². The van der Waals surface area contributed by atoms with Gasteiger partial charge in [0.05, 0.1) is 18.7 Å². The zero-order chi connectivity index (χ0) is 95.4. The van der Waals surface area contributed by atoms with Gasteiger partial charge < -0.3 is 104 Å². The highest BCUT2D eigenvalue weighted by molar-refractivity contribution is 8.00. The van der Waals surface area contributed by atoms with Crippen molar-refractivity contribution in [2.45, 2.75) is 216 Å². The van der Waals surface area contributed by atoms with Crippen LogP contribution in [-0.4, -0.2) is 277 Å². The first-order valence-corrected chi connectivity index (χ1v) is 45.4. The van der Waals surface area contributed by atoms with Crippen LogP contribution in [0.25, 0.3) is 10.9 Å². The number of para-hydroxylation sites is 1. The van der Waals surface area contributed by atoms with Crippen molar-refractivity contribution in [3.05, 3.63) is 167 Å². The standard InChI is InChI=1S/C93H122FN17O19S/c1-9-10-25-74-92(129)111-42-19-27-73(111)87(124)103-68(48-78(116)117)85(122)106-79(53(2)3)93(130)109(8)80(54(4)5)88(125)104-70(45-58-32-38-62(113)39-33-58)90(127)110-41-17-16-26-72(110)86(123)102-67(47-59-49-97-64-23-15-14-22-63(59)64)84(121)101-66(43-57-30-36-61(112)37-31-57)83(120)100-65(24-18-40-95)82(119)105-71(81(118)98-50-76(96)114)51-131-52-77(115)99-69(44-56-28-34-60(94)35-29-56)89(126)108(7)75(91(128)107(74)6)46-55-20-12-11-13-21-55/h11-15,20-23,28-39,49,53-54,65-75,79-80,97,112-113H,9-10,16-19,24-27,40-48,50-52,95H2,1-8H3,(H2,96,114)(H,98,118)(H,99,115)(H,100,120)(H,101,121)(H,102,123)(H,103,124)(H,104,125)(H,105,119)(H,106,122)(H,116,117)/t65-,66-,67+,68-,69-,70-,71-,72+,73+,74-,75-,79-,80-/m0/s1. The number of amides is 15. The van der Waals surface area contributed by atoms with Crippen molar-refractivity contribution < 1.29 is 96.4 Å². The number of benzene rings is 5. The smallest absolute Gasteiger partial charge is 0.305 e. The Hall–Kier alpha value is -13.0. The van der Waals surface area contributed by atoms with Crippen LogP contribution in [0.4, 0.5) is 4.39 Å². The number of aromatic nitrogens is 1. The minimum Gasteiger partial charge on any atom is -0.508 e. The summed E-state index contributed by atoms with van der Waals surface area (Å²) in [6.45, 7) is 7.41. The predicted octanol–water partition coefficient (Wildman–Crippen LogP) is 2.03. The second-order valence-electron chi connectivity index (χ2n) is 34.2. The number of thioether (sulfide) groups is 1. The van der Waals surface area contributed by atoms with Gasteiger partial charge in [-0.25, -0.2) is 4.39 Å². The number of carbonyl (C=O) groups is 16. The highest BCUT2D eigenvalue weighted by Crippen LogP contribution is 2.29. The summed E-state index contributed by atoms with van der Waals surface area (Å²) in [7, 11) is 4.00. The zero-order valence-corrected chi connectivity index (χ0v) is 75.8. The number of nitrogens with two attached hydrogens (primary N) is 2. The molecule has 3 aliphatic heterocycles. The van der Waals surface area contributed by atoms with Crippen LogP contribution < -0.4 is 59.3 Å². The van der Waals surface area contributed by atoms with Crippen LogP contribution in [0.3, 0.4) is 0 Å². The number of likely N-dealkylation sites (N-methyl/N-ethyl adjacent to an activating group) is 3. The Balaban J connectivity index is 1.12. The molecule has 1 aromatic heterocycles. The number of hydrogen-bond acceptors (Lipinski definition) is 20. The van der Waals surface area contributed by atoms with Gasteiger partial charge in [-0.1, -0.05) is 132 Å². The molecule has 0 radical (unpaired) electrons. The molecule has 3 saturated heterocycles. The molecule has 0 unspecified atom stereocenters. The molecule has 0 spiro atoms. The Morgan fingerprint density at radius 3 is 1.61 bits per heavy atom. The van der Waals surface area contributed by atoms with E-state index in [1.807, 2.05) is 6.92 Å². The fourth-order valence-corrected chi connectivity index (χ4v) is 17.5. The highest BCUT2D eigenvalue weighted by Gasteiger charge is 2.46. The van der Waals surface area contributed by atoms with Crippen molar-refractivity contribution in [3.8, 4) is 11.5 Å². The number of primary amides is 1. The largest absolute Gasteiger partial charge is 0.508 e. The number of fused-ring (bicyclic) bond motifs is 3. The van der Waals surface area contributed by atoms with Crippen LogP contribution in [0.5, 0.6) is 11.5 Å². The summed E-state index contributed by atoms with van der Waals surface area (Å²) in [6.07, 6.45) is 1.14. The number of piperidine rings is 1. The molecule has 706 valence electrons. The van der Waals surface area contributed by atoms with Gasteiger partial charge in [-0.15, -0.1) is 11.8 Å². The molecular weight excluding hydrogens is 1710 g/mol. The summed E-state index contributed by atoms with van der Waals surface area (Å²) in [5.74, 6) is -18.4. The van der Waals surface area contributed by atoms with E-state index in [1.54, 1.807) is 88.5 Å². The number of halogens is 1. The van der Waals surface area contributed by atoms with Gasteiger partial charge in [0, 0.05) is 89.2 Å². The van der Waals surface area contributed by atoms with Crippen LogP contribution in [0.1, 0.15) is 133 Å². The second kappa shape index (κ2) is 48.6. The number of aliphatic carboxylic acids is 1. The number of phenols is 2. The lowest BCUT2D eigenvalue weighted by atomic mass is 9.95. The second-order valence-corrected chi connectivity index (χ2v) is 35.2. The lowest BCUT2D eigenvalue weighted by Crippen LogP contribution is -2.63. The molecule has 131 heavy (non-hydrogen) atoms. The molecule has 36 nitrogen and oxygen atoms in total. The van der Waals surface area contributed by atoms with Crippen molar-refractivity contribution >= 4 is 117 Å². The first-order chi connectivity index (χ1) is 62.4. The predicted molar refractivity (Wildman–Crippen MR) is 484 cm³/mol. The molecule has 9 rings (SSSR count). The third-order valence-corrected chi connectivity index (χ3v) is 24.8. The lowest BCUT2D eigenvalue weighted by molar-refractivity contribution is -0.152. The van der Waals surface area contributed by atoms with Crippen molar-refractivity contribution in [2.75, 3.05) is 58.8 Å². The van der Waals surface area contributed by atoms with Crippen LogP contribution >= 0.6 is 11.8 Å². The molecule has 3 aliphatic rings. The monoisotopic (exact) mass is 1830 g/mol. The summed E-state index contributed by atoms with van der Waals surface area (Å²) in [6, 6.07) is 12.4. The lowest BCUT2D eigenvalue weighted by Gasteiger charge is -2.39. The first-order valence-electron chi connectivity index (χ1n) is 44.2. The number of carboxylic acid groups (broad SMARTS) is 1. The van der Waals surface area contributed by atoms with Crippen molar-refractivity contribution in [1.82, 2.24) is 77.3 Å². The Morgan fingerprint density at radius 1 is 0.504 bits per heavy atom. The number of phenolic OH excluding ortho intramolecular Hbond substituents is 2. The number of aromatic hydroxyl groups is 2. The summed E-state index contributed by atoms with van der Waals surface area (Å²) < 4.78 is 14.6. The Bertz CT molecular complexity index is 5030. The maximum Gasteiger partial charge on any atom is 0.305 e. The fraction of sp³-hybridized carbons (Fsp3) is 0.484. The SMILES string of the molecule is CCCC[C@H]1C(=O)N2CCC[C@@H]2C(=O)N[C@@H](CC(=O)O)C(=O)N[C@@H](C(C)C)C(=O)N(C)[C@@H](C(C)C)C(=O)N[C@@H](Cc2ccc(O)cc2)C(=O)N2CCCC[C@@H]2C(=O)N[C@H](Cc2c[nH]c3ccccc23)C(=O)N[C@@H](Cc2ccc(O)cc2)C(=O)N[C@@H](CCCN)C(=O)N[C@H](C(=O)NCC(N)=O)CSCC(=O)N[C@@H](Cc2ccc(F)cc2)C(=O)N(C)[C@@H](Cc2ccccc2)C(=O)N1C. The molecule has 17 N–H and O–H groups in total. The van der Waals surface area contributed by atoms with Gasteiger partial charge in [0.15, 0.2) is 0 Å².